The van der Waals surface area contributed by atoms with E-state index in [4.69, 9.17) is 0 Å². The van der Waals surface area contributed by atoms with Gasteiger partial charge in [0.25, 0.3) is 0 Å². The van der Waals surface area contributed by atoms with E-state index in [1.807, 2.05) is 42.6 Å². The van der Waals surface area contributed by atoms with E-state index in [0.29, 0.717) is 0 Å². The molecule has 0 radical (unpaired) electrons. The molecule has 0 N–H and O–H groups in total. The molecule has 0 fully saturated rings. The second kappa shape index (κ2) is 8.81. The molecule has 150 valence electrons. The number of nitrogens with zero attached hydrogens (tertiary/aromatic N) is 1. The van der Waals surface area contributed by atoms with E-state index < -0.39 is 0 Å². The molecule has 0 aliphatic heterocycles. The summed E-state index contributed by atoms with van der Waals surface area (Å²) < 4.78 is 13.9. The van der Waals surface area contributed by atoms with Crippen LogP contribution in [-0.4, -0.2) is 4.98 Å². The van der Waals surface area contributed by atoms with Crippen LogP contribution in [0.4, 0.5) is 4.39 Å². The number of benzene rings is 4. The summed E-state index contributed by atoms with van der Waals surface area (Å²) in [6.07, 6.45) is 6.72. The van der Waals surface area contributed by atoms with Crippen LogP contribution in [0.1, 0.15) is 24.0 Å². The zero-order chi connectivity index (χ0) is 19.6. The van der Waals surface area contributed by atoms with Gasteiger partial charge in [-0.05, 0) is 71.2 Å². The molecule has 0 saturated carbocycles. The Morgan fingerprint density at radius 1 is 0.633 bits per heavy atom. The second-order valence-electron chi connectivity index (χ2n) is 7.60. The average molecular weight is 416 g/mol. The van der Waals surface area contributed by atoms with Crippen molar-refractivity contribution in [3.05, 3.63) is 102 Å². The highest BCUT2D eigenvalue weighted by atomic mass is 35.5. The van der Waals surface area contributed by atoms with Crippen LogP contribution in [0, 0.1) is 5.82 Å². The van der Waals surface area contributed by atoms with Crippen LogP contribution in [0.3, 0.4) is 0 Å². The van der Waals surface area contributed by atoms with E-state index >= 15 is 0 Å². The smallest absolute Gasteiger partial charge is 0.131 e. The number of hydrogen-bond acceptors (Lipinski definition) is 1. The van der Waals surface area contributed by atoms with Gasteiger partial charge in [-0.15, -0.1) is 12.4 Å². The van der Waals surface area contributed by atoms with Crippen LogP contribution in [0.5, 0.6) is 0 Å². The summed E-state index contributed by atoms with van der Waals surface area (Å²) in [5.74, 6) is -0.128. The van der Waals surface area contributed by atoms with Crippen molar-refractivity contribution in [3.63, 3.8) is 0 Å². The lowest BCUT2D eigenvalue weighted by molar-refractivity contribution is 0.640. The predicted octanol–water partition coefficient (Wildman–Crippen LogP) is 7.67. The number of para-hydroxylation sites is 1. The summed E-state index contributed by atoms with van der Waals surface area (Å²) in [4.78, 5) is 4.18. The summed E-state index contributed by atoms with van der Waals surface area (Å²) in [6.45, 7) is 0. The van der Waals surface area contributed by atoms with E-state index in [2.05, 4.69) is 35.3 Å². The Labute approximate surface area is 182 Å². The number of rotatable bonds is 0. The fourth-order valence-electron chi connectivity index (χ4n) is 4.41. The molecule has 1 aliphatic rings. The van der Waals surface area contributed by atoms with Gasteiger partial charge in [0.05, 0.1) is 5.52 Å². The van der Waals surface area contributed by atoms with Gasteiger partial charge >= 0.3 is 0 Å². The SMILES string of the molecule is Cl.Fc1cccc2c1ccc1c3c(ccc12)CCCC3.c1ccc2ncccc2c1. The van der Waals surface area contributed by atoms with Crippen molar-refractivity contribution in [2.24, 2.45) is 0 Å². The highest BCUT2D eigenvalue weighted by molar-refractivity contribution is 6.09. The number of fused-ring (bicyclic) bond motifs is 6. The van der Waals surface area contributed by atoms with E-state index in [1.54, 1.807) is 6.07 Å². The third-order valence-corrected chi connectivity index (χ3v) is 5.85. The summed E-state index contributed by atoms with van der Waals surface area (Å²) in [7, 11) is 0. The van der Waals surface area contributed by atoms with Crippen molar-refractivity contribution in [2.75, 3.05) is 0 Å². The van der Waals surface area contributed by atoms with Gasteiger partial charge in [0.1, 0.15) is 5.82 Å². The monoisotopic (exact) mass is 415 g/mol. The summed E-state index contributed by atoms with van der Waals surface area (Å²) in [5, 5.41) is 5.47. The van der Waals surface area contributed by atoms with Gasteiger partial charge in [-0.2, -0.15) is 0 Å². The Morgan fingerprint density at radius 2 is 1.37 bits per heavy atom. The Balaban J connectivity index is 0.000000168. The van der Waals surface area contributed by atoms with E-state index in [0.717, 1.165) is 22.7 Å². The molecule has 0 unspecified atom stereocenters. The average Bonchev–Trinajstić information content (AvgIpc) is 2.79. The molecule has 3 heteroatoms. The van der Waals surface area contributed by atoms with Crippen molar-refractivity contribution < 1.29 is 4.39 Å². The van der Waals surface area contributed by atoms with Crippen LogP contribution in [-0.2, 0) is 12.8 Å². The molecular weight excluding hydrogens is 393 g/mol. The molecule has 0 amide bonds. The molecule has 30 heavy (non-hydrogen) atoms. The van der Waals surface area contributed by atoms with Crippen molar-refractivity contribution in [1.29, 1.82) is 0 Å². The molecule has 1 nitrogen and oxygen atoms in total. The molecule has 0 saturated heterocycles. The number of aryl methyl sites for hydroxylation is 2. The molecule has 1 aliphatic carbocycles. The van der Waals surface area contributed by atoms with Gasteiger partial charge < -0.3 is 0 Å². The minimum atomic E-state index is -0.128. The van der Waals surface area contributed by atoms with E-state index in [9.17, 15) is 4.39 Å². The van der Waals surface area contributed by atoms with Crippen molar-refractivity contribution in [1.82, 2.24) is 4.98 Å². The zero-order valence-corrected chi connectivity index (χ0v) is 17.5. The highest BCUT2D eigenvalue weighted by Crippen LogP contribution is 2.33. The molecule has 6 rings (SSSR count). The molecule has 0 atom stereocenters. The van der Waals surface area contributed by atoms with Gasteiger partial charge in [-0.3, -0.25) is 4.98 Å². The molecule has 5 aromatic rings. The van der Waals surface area contributed by atoms with Gasteiger partial charge in [0.15, 0.2) is 0 Å². The number of hydrogen-bond donors (Lipinski definition) is 0. The third-order valence-electron chi connectivity index (χ3n) is 5.85. The molecule has 0 spiro atoms. The molecule has 0 bridgehead atoms. The summed E-state index contributed by atoms with van der Waals surface area (Å²) in [6, 6.07) is 25.9. The quantitative estimate of drug-likeness (QED) is 0.236. The van der Waals surface area contributed by atoms with Gasteiger partial charge in [-0.1, -0.05) is 60.7 Å². The first-order chi connectivity index (χ1) is 14.3. The summed E-state index contributed by atoms with van der Waals surface area (Å²) >= 11 is 0. The maximum Gasteiger partial charge on any atom is 0.131 e. The number of aromatic nitrogens is 1. The molecule has 4 aromatic carbocycles. The van der Waals surface area contributed by atoms with E-state index in [-0.39, 0.29) is 18.2 Å². The maximum absolute atomic E-state index is 13.9. The van der Waals surface area contributed by atoms with Gasteiger partial charge in [0, 0.05) is 17.0 Å². The third kappa shape index (κ3) is 3.76. The Bertz CT molecular complexity index is 1260. The van der Waals surface area contributed by atoms with Crippen LogP contribution < -0.4 is 0 Å². The highest BCUT2D eigenvalue weighted by Gasteiger charge is 2.14. The lowest BCUT2D eigenvalue weighted by atomic mass is 9.86. The predicted molar refractivity (Wildman–Crippen MR) is 127 cm³/mol. The Hall–Kier alpha value is -2.97. The standard InChI is InChI=1S/C18H15F.C9H7N.ClH/c19-18-7-3-6-14-16-9-8-12-4-1-2-5-13(12)15(16)10-11-17(14)18;1-2-6-9-8(4-1)5-3-7-10-9;/h3,6-11H,1-2,4-5H2;1-7H;1H. The topological polar surface area (TPSA) is 12.9 Å². The van der Waals surface area contributed by atoms with Crippen LogP contribution in [0.25, 0.3) is 32.4 Å². The first-order valence-electron chi connectivity index (χ1n) is 10.2. The van der Waals surface area contributed by atoms with Crippen molar-refractivity contribution >= 4 is 44.9 Å². The second-order valence-corrected chi connectivity index (χ2v) is 7.60. The first kappa shape index (κ1) is 20.3. The van der Waals surface area contributed by atoms with Crippen molar-refractivity contribution in [3.8, 4) is 0 Å². The molecule has 1 heterocycles. The van der Waals surface area contributed by atoms with Crippen LogP contribution in [0.2, 0.25) is 0 Å². The lowest BCUT2D eigenvalue weighted by Crippen LogP contribution is -2.03. The Kier molecular flexibility index (Phi) is 5.96. The Morgan fingerprint density at radius 3 is 2.27 bits per heavy atom. The first-order valence-corrected chi connectivity index (χ1v) is 10.2. The maximum atomic E-state index is 13.9. The zero-order valence-electron chi connectivity index (χ0n) is 16.6. The molecule has 1 aromatic heterocycles. The van der Waals surface area contributed by atoms with Crippen LogP contribution >= 0.6 is 12.4 Å². The van der Waals surface area contributed by atoms with Crippen LogP contribution in [0.15, 0.2) is 85.1 Å². The number of pyridine rings is 1. The largest absolute Gasteiger partial charge is 0.256 e. The fraction of sp³-hybridized carbons (Fsp3) is 0.148. The van der Waals surface area contributed by atoms with Crippen molar-refractivity contribution in [2.45, 2.75) is 25.7 Å². The fourth-order valence-corrected chi connectivity index (χ4v) is 4.41. The minimum absolute atomic E-state index is 0. The lowest BCUT2D eigenvalue weighted by Gasteiger charge is -2.18. The normalized spacial score (nSPS) is 12.7. The van der Waals surface area contributed by atoms with E-state index in [1.165, 1.54) is 52.6 Å². The number of halogens is 2. The van der Waals surface area contributed by atoms with Gasteiger partial charge in [0.2, 0.25) is 0 Å². The summed E-state index contributed by atoms with van der Waals surface area (Å²) in [5.41, 5.74) is 4.02. The molecular formula is C27H23ClFN. The minimum Gasteiger partial charge on any atom is -0.256 e. The van der Waals surface area contributed by atoms with Gasteiger partial charge in [-0.25, -0.2) is 4.39 Å².